The van der Waals surface area contributed by atoms with Gasteiger partial charge in [0.1, 0.15) is 5.82 Å². The van der Waals surface area contributed by atoms with Crippen LogP contribution in [-0.2, 0) is 0 Å². The van der Waals surface area contributed by atoms with E-state index in [2.05, 4.69) is 27.9 Å². The van der Waals surface area contributed by atoms with Gasteiger partial charge in [0.05, 0.1) is 0 Å². The summed E-state index contributed by atoms with van der Waals surface area (Å²) in [6, 6.07) is 2.59. The largest absolute Gasteiger partial charge is 0.354 e. The minimum atomic E-state index is -0.192. The number of nitrogens with one attached hydrogen (secondary N) is 1. The number of piperidine rings is 1. The van der Waals surface area contributed by atoms with Gasteiger partial charge >= 0.3 is 5.69 Å². The molecule has 4 heteroatoms. The van der Waals surface area contributed by atoms with Crippen molar-refractivity contribution >= 4 is 5.82 Å². The first-order valence-corrected chi connectivity index (χ1v) is 6.62. The third-order valence-electron chi connectivity index (χ3n) is 3.87. The molecule has 1 N–H and O–H groups in total. The maximum atomic E-state index is 11.6. The fourth-order valence-corrected chi connectivity index (χ4v) is 2.66. The molecule has 1 aromatic rings. The van der Waals surface area contributed by atoms with E-state index in [1.807, 2.05) is 0 Å². The summed E-state index contributed by atoms with van der Waals surface area (Å²) >= 11 is 0. The van der Waals surface area contributed by atoms with Gasteiger partial charge in [-0.25, -0.2) is 4.79 Å². The maximum absolute atomic E-state index is 11.6. The summed E-state index contributed by atoms with van der Waals surface area (Å²) in [4.78, 5) is 20.9. The lowest BCUT2D eigenvalue weighted by Gasteiger charge is -2.34. The van der Waals surface area contributed by atoms with Crippen LogP contribution in [0.3, 0.4) is 0 Å². The Bertz CT molecular complexity index is 464. The Morgan fingerprint density at radius 3 is 2.88 bits per heavy atom. The molecule has 4 nitrogen and oxygen atoms in total. The smallest absolute Gasteiger partial charge is 0.347 e. The van der Waals surface area contributed by atoms with Crippen molar-refractivity contribution in [2.24, 2.45) is 0 Å². The van der Waals surface area contributed by atoms with E-state index in [4.69, 9.17) is 0 Å². The predicted molar refractivity (Wildman–Crippen MR) is 67.5 cm³/mol. The SMILES string of the molecule is CC1CCCCN1c1cc(C2CC2)[nH]c(=O)n1. The number of aromatic nitrogens is 2. The fourth-order valence-electron chi connectivity index (χ4n) is 2.66. The van der Waals surface area contributed by atoms with Crippen LogP contribution < -0.4 is 10.6 Å². The van der Waals surface area contributed by atoms with E-state index < -0.39 is 0 Å². The molecule has 3 rings (SSSR count). The van der Waals surface area contributed by atoms with Gasteiger partial charge in [-0.3, -0.25) is 0 Å². The summed E-state index contributed by atoms with van der Waals surface area (Å²) in [6.07, 6.45) is 6.10. The Hall–Kier alpha value is -1.32. The van der Waals surface area contributed by atoms with Crippen molar-refractivity contribution in [3.63, 3.8) is 0 Å². The monoisotopic (exact) mass is 233 g/mol. The first-order chi connectivity index (χ1) is 8.24. The number of aromatic amines is 1. The number of hydrogen-bond acceptors (Lipinski definition) is 3. The molecule has 1 saturated heterocycles. The first-order valence-electron chi connectivity index (χ1n) is 6.62. The highest BCUT2D eigenvalue weighted by Crippen LogP contribution is 2.39. The van der Waals surface area contributed by atoms with Crippen LogP contribution in [0.5, 0.6) is 0 Å². The molecule has 2 aliphatic rings. The fraction of sp³-hybridized carbons (Fsp3) is 0.692. The van der Waals surface area contributed by atoms with E-state index in [1.54, 1.807) is 0 Å². The summed E-state index contributed by atoms with van der Waals surface area (Å²) in [5, 5.41) is 0. The standard InChI is InChI=1S/C13H19N3O/c1-9-4-2-3-7-16(9)12-8-11(10-5-6-10)14-13(17)15-12/h8-10H,2-7H2,1H3,(H,14,15,17). The predicted octanol–water partition coefficient (Wildman–Crippen LogP) is 2.03. The van der Waals surface area contributed by atoms with Crippen molar-refractivity contribution in [2.45, 2.75) is 51.0 Å². The zero-order valence-corrected chi connectivity index (χ0v) is 10.3. The van der Waals surface area contributed by atoms with Crippen LogP contribution >= 0.6 is 0 Å². The van der Waals surface area contributed by atoms with E-state index in [-0.39, 0.29) is 5.69 Å². The van der Waals surface area contributed by atoms with E-state index >= 15 is 0 Å². The van der Waals surface area contributed by atoms with Crippen molar-refractivity contribution in [1.29, 1.82) is 0 Å². The molecule has 0 amide bonds. The zero-order valence-electron chi connectivity index (χ0n) is 10.3. The second kappa shape index (κ2) is 4.17. The van der Waals surface area contributed by atoms with Crippen molar-refractivity contribution in [1.82, 2.24) is 9.97 Å². The van der Waals surface area contributed by atoms with E-state index in [9.17, 15) is 4.79 Å². The first kappa shape index (κ1) is 10.8. The normalized spacial score (nSPS) is 25.0. The summed E-state index contributed by atoms with van der Waals surface area (Å²) in [7, 11) is 0. The molecule has 17 heavy (non-hydrogen) atoms. The lowest BCUT2D eigenvalue weighted by atomic mass is 10.0. The Balaban J connectivity index is 1.92. The Labute approximate surface area is 101 Å². The lowest BCUT2D eigenvalue weighted by Crippen LogP contribution is -2.39. The minimum Gasteiger partial charge on any atom is -0.354 e. The molecule has 1 aliphatic carbocycles. The van der Waals surface area contributed by atoms with Crippen molar-refractivity contribution in [3.05, 3.63) is 22.2 Å². The molecule has 1 atom stereocenters. The molecule has 2 heterocycles. The quantitative estimate of drug-likeness (QED) is 0.850. The molecule has 92 valence electrons. The van der Waals surface area contributed by atoms with Crippen molar-refractivity contribution in [3.8, 4) is 0 Å². The van der Waals surface area contributed by atoms with Gasteiger partial charge in [-0.1, -0.05) is 0 Å². The van der Waals surface area contributed by atoms with Gasteiger partial charge < -0.3 is 9.88 Å². The highest BCUT2D eigenvalue weighted by molar-refractivity contribution is 5.41. The van der Waals surface area contributed by atoms with Gasteiger partial charge in [0, 0.05) is 24.3 Å². The molecule has 0 radical (unpaired) electrons. The second-order valence-electron chi connectivity index (χ2n) is 5.31. The van der Waals surface area contributed by atoms with E-state index in [1.165, 1.54) is 32.1 Å². The highest BCUT2D eigenvalue weighted by atomic mass is 16.1. The van der Waals surface area contributed by atoms with E-state index in [0.29, 0.717) is 12.0 Å². The van der Waals surface area contributed by atoms with Gasteiger partial charge in [0.15, 0.2) is 0 Å². The molecule has 1 saturated carbocycles. The topological polar surface area (TPSA) is 49.0 Å². The average molecular weight is 233 g/mol. The second-order valence-corrected chi connectivity index (χ2v) is 5.31. The third-order valence-corrected chi connectivity index (χ3v) is 3.87. The zero-order chi connectivity index (χ0) is 11.8. The number of anilines is 1. The van der Waals surface area contributed by atoms with Crippen LogP contribution in [-0.4, -0.2) is 22.6 Å². The summed E-state index contributed by atoms with van der Waals surface area (Å²) < 4.78 is 0. The van der Waals surface area contributed by atoms with Crippen LogP contribution in [0.4, 0.5) is 5.82 Å². The van der Waals surface area contributed by atoms with Crippen LogP contribution in [0.25, 0.3) is 0 Å². The van der Waals surface area contributed by atoms with Gasteiger partial charge in [-0.15, -0.1) is 0 Å². The molecular formula is C13H19N3O. The number of nitrogens with zero attached hydrogens (tertiary/aromatic N) is 2. The van der Waals surface area contributed by atoms with E-state index in [0.717, 1.165) is 18.1 Å². The molecule has 1 unspecified atom stereocenters. The molecule has 2 fully saturated rings. The Morgan fingerprint density at radius 2 is 2.18 bits per heavy atom. The van der Waals surface area contributed by atoms with Gasteiger partial charge in [-0.05, 0) is 44.9 Å². The number of hydrogen-bond donors (Lipinski definition) is 1. The summed E-state index contributed by atoms with van der Waals surface area (Å²) in [5.74, 6) is 1.45. The third kappa shape index (κ3) is 2.21. The Morgan fingerprint density at radius 1 is 1.35 bits per heavy atom. The number of H-pyrrole nitrogens is 1. The lowest BCUT2D eigenvalue weighted by molar-refractivity contribution is 0.480. The molecular weight excluding hydrogens is 214 g/mol. The van der Waals surface area contributed by atoms with Crippen LogP contribution in [0.2, 0.25) is 0 Å². The van der Waals surface area contributed by atoms with Gasteiger partial charge in [-0.2, -0.15) is 4.98 Å². The molecule has 0 aromatic carbocycles. The molecule has 1 aromatic heterocycles. The van der Waals surface area contributed by atoms with Crippen molar-refractivity contribution in [2.75, 3.05) is 11.4 Å². The van der Waals surface area contributed by atoms with Gasteiger partial charge in [0.2, 0.25) is 0 Å². The summed E-state index contributed by atoms with van der Waals surface area (Å²) in [6.45, 7) is 3.25. The maximum Gasteiger partial charge on any atom is 0.347 e. The van der Waals surface area contributed by atoms with Gasteiger partial charge in [0.25, 0.3) is 0 Å². The molecule has 1 aliphatic heterocycles. The molecule has 0 bridgehead atoms. The summed E-state index contributed by atoms with van der Waals surface area (Å²) in [5.41, 5.74) is 0.889. The van der Waals surface area contributed by atoms with Crippen LogP contribution in [0.15, 0.2) is 10.9 Å². The van der Waals surface area contributed by atoms with Crippen LogP contribution in [0, 0.1) is 0 Å². The average Bonchev–Trinajstić information content (AvgIpc) is 3.12. The number of rotatable bonds is 2. The van der Waals surface area contributed by atoms with Crippen LogP contribution in [0.1, 0.15) is 50.6 Å². The minimum absolute atomic E-state index is 0.192. The van der Waals surface area contributed by atoms with Crippen molar-refractivity contribution < 1.29 is 0 Å². The molecule has 0 spiro atoms. The highest BCUT2D eigenvalue weighted by Gasteiger charge is 2.27. The Kier molecular flexibility index (Phi) is 2.65.